The summed E-state index contributed by atoms with van der Waals surface area (Å²) < 4.78 is 6.28. The Balaban J connectivity index is 0.856. The van der Waals surface area contributed by atoms with Crippen molar-refractivity contribution in [2.24, 2.45) is 23.5 Å². The summed E-state index contributed by atoms with van der Waals surface area (Å²) in [4.78, 5) is 226. The first kappa shape index (κ1) is 99.6. The predicted molar refractivity (Wildman–Crippen MR) is 486 cm³/mol. The molecule has 12 atom stereocenters. The fourth-order valence-corrected chi connectivity index (χ4v) is 15.6. The third kappa shape index (κ3) is 28.4. The Morgan fingerprint density at radius 1 is 0.558 bits per heavy atom. The molecule has 0 saturated carbocycles. The predicted octanol–water partition coefficient (Wildman–Crippen LogP) is 3.68. The van der Waals surface area contributed by atoms with E-state index in [1.54, 1.807) is 70.2 Å². The number of amides is 14. The summed E-state index contributed by atoms with van der Waals surface area (Å²) in [5.41, 5.74) is 8.06. The first-order valence-corrected chi connectivity index (χ1v) is 43.9. The Labute approximate surface area is 765 Å². The zero-order valence-corrected chi connectivity index (χ0v) is 75.2. The van der Waals surface area contributed by atoms with Gasteiger partial charge in [-0.2, -0.15) is 25.3 Å². The molecular formula is C87H106IN18O21S2+. The molecule has 1 aliphatic rings. The van der Waals surface area contributed by atoms with Gasteiger partial charge in [0.15, 0.2) is 0 Å². The number of aromatic nitrogens is 4. The van der Waals surface area contributed by atoms with Crippen LogP contribution in [0, 0.1) is 21.3 Å². The van der Waals surface area contributed by atoms with E-state index in [2.05, 4.69) is 109 Å². The molecule has 5 aromatic carbocycles. The number of H-pyrrole nitrogens is 2. The van der Waals surface area contributed by atoms with Gasteiger partial charge in [0, 0.05) is 91.7 Å². The largest absolute Gasteiger partial charge is 0.508 e. The van der Waals surface area contributed by atoms with Crippen LogP contribution in [0.4, 0.5) is 10.5 Å². The Morgan fingerprint density at radius 2 is 1.07 bits per heavy atom. The van der Waals surface area contributed by atoms with Crippen molar-refractivity contribution in [3.8, 4) is 28.4 Å². The molecular weight excluding hydrogens is 1820 g/mol. The number of nitrogens with zero attached hydrogens (tertiary/aromatic N) is 3. The van der Waals surface area contributed by atoms with E-state index >= 15 is 0 Å². The van der Waals surface area contributed by atoms with E-state index in [0.717, 1.165) is 4.90 Å². The number of phenolic OH excluding ortho intramolecular Hbond substituents is 3. The van der Waals surface area contributed by atoms with Crippen molar-refractivity contribution in [3.05, 3.63) is 160 Å². The fraction of sp³-hybridized carbons (Fsp3) is 0.402. The van der Waals surface area contributed by atoms with E-state index in [9.17, 15) is 97.5 Å². The zero-order valence-electron chi connectivity index (χ0n) is 71.3. The smallest absolute Gasteiger partial charge is 0.365 e. The lowest BCUT2D eigenvalue weighted by Crippen LogP contribution is -2.62. The number of halogens is 1. The number of hydrogen-bond acceptors (Lipinski definition) is 22. The molecule has 21 N–H and O–H groups in total. The van der Waals surface area contributed by atoms with Crippen LogP contribution in [0.3, 0.4) is 0 Å². The number of benzene rings is 5. The van der Waals surface area contributed by atoms with Crippen LogP contribution >= 0.6 is 47.8 Å². The number of likely N-dealkylation sites (tertiary alicyclic amines) is 1. The number of fused-ring (bicyclic) bond motifs is 2. The van der Waals surface area contributed by atoms with Gasteiger partial charge in [-0.15, -0.1) is 0 Å². The number of imidazole rings is 2. The molecule has 688 valence electrons. The van der Waals surface area contributed by atoms with Gasteiger partial charge in [-0.25, -0.2) is 24.0 Å². The van der Waals surface area contributed by atoms with Crippen LogP contribution in [-0.4, -0.2) is 230 Å². The number of phenols is 3. The van der Waals surface area contributed by atoms with Crippen LogP contribution in [0.1, 0.15) is 119 Å². The zero-order chi connectivity index (χ0) is 94.0. The number of carboxylic acid groups (broad SMARTS) is 2. The van der Waals surface area contributed by atoms with Crippen LogP contribution in [0.25, 0.3) is 33.1 Å². The summed E-state index contributed by atoms with van der Waals surface area (Å²) in [6, 6.07) is 8.50. The first-order chi connectivity index (χ1) is 61.4. The number of aromatic carboxylic acids is 1. The maximum Gasteiger partial charge on any atom is 0.365 e. The summed E-state index contributed by atoms with van der Waals surface area (Å²) in [6.45, 7) is 10.2. The third-order valence-electron chi connectivity index (χ3n) is 21.3. The Kier molecular flexibility index (Phi) is 36.4. The molecule has 129 heavy (non-hydrogen) atoms. The highest BCUT2D eigenvalue weighted by molar-refractivity contribution is 14.1. The van der Waals surface area contributed by atoms with Crippen LogP contribution < -0.4 is 69.5 Å². The fourth-order valence-electron chi connectivity index (χ4n) is 14.5. The molecule has 42 heteroatoms. The lowest BCUT2D eigenvalue weighted by molar-refractivity contribution is -0.142. The number of rotatable bonds is 45. The SMILES string of the molecule is CC[C@H](C)[C@H](NC(=O)[C@H](Cc1cnc[nH]1)NC(=O)[C@H](CS)NC(=O)[C@H](CC(C)C)NC(=O)[C@H](CC(=O)O)NC(=O)[C@H](Cc1ccc(O)c(I)c1)NC(=O)[C@@H]1CCCN1C(=O)[C@H](CS)NC(=O)[C@H](Cc1cnc[nH]1)NC(=O)[C@H](Cc1ccccc1)NC(=O)CCNC(=O)Nc1ccc(-c2c3ccc(O)cc3[o+]c3cc(O)ccc23)c(C(=O)O)c1)C(=O)N[C@@H](CC(C)C)C(N)=O. The van der Waals surface area contributed by atoms with E-state index in [-0.39, 0.29) is 127 Å². The maximum absolute atomic E-state index is 14.9. The Bertz CT molecular complexity index is 5340. The van der Waals surface area contributed by atoms with Crippen LogP contribution in [0.15, 0.2) is 133 Å². The summed E-state index contributed by atoms with van der Waals surface area (Å²) in [7, 11) is 0. The number of aromatic amines is 2. The number of hydrogen-bond donors (Lipinski definition) is 22. The number of nitrogens with two attached hydrogens (primary N) is 1. The lowest BCUT2D eigenvalue weighted by atomic mass is 9.93. The van der Waals surface area contributed by atoms with Gasteiger partial charge in [0.2, 0.25) is 70.9 Å². The molecule has 1 saturated heterocycles. The lowest BCUT2D eigenvalue weighted by Gasteiger charge is -2.31. The number of aromatic hydroxyl groups is 3. The van der Waals surface area contributed by atoms with E-state index in [0.29, 0.717) is 48.8 Å². The molecule has 1 fully saturated rings. The second-order valence-corrected chi connectivity index (χ2v) is 34.0. The monoisotopic (exact) mass is 1930 g/mol. The second kappa shape index (κ2) is 47.1. The van der Waals surface area contributed by atoms with Crippen molar-refractivity contribution in [2.45, 2.75) is 179 Å². The molecule has 39 nitrogen and oxygen atoms in total. The van der Waals surface area contributed by atoms with Crippen molar-refractivity contribution in [1.29, 1.82) is 0 Å². The number of carboxylic acids is 2. The summed E-state index contributed by atoms with van der Waals surface area (Å²) in [6.07, 6.45) is 3.68. The highest BCUT2D eigenvalue weighted by Crippen LogP contribution is 2.41. The average molecular weight is 1930 g/mol. The number of carbonyl (C=O) groups excluding carboxylic acids is 13. The van der Waals surface area contributed by atoms with Crippen molar-refractivity contribution in [3.63, 3.8) is 0 Å². The summed E-state index contributed by atoms with van der Waals surface area (Å²) in [5.74, 6) is -15.9. The number of anilines is 1. The molecule has 0 bridgehead atoms. The molecule has 0 unspecified atom stereocenters. The molecule has 1 aliphatic heterocycles. The number of nitrogens with one attached hydrogen (secondary N) is 14. The van der Waals surface area contributed by atoms with Crippen LogP contribution in [-0.2, 0) is 88.0 Å². The number of thiol groups is 2. The number of aliphatic carboxylic acids is 1. The molecule has 9 rings (SSSR count). The van der Waals surface area contributed by atoms with E-state index in [4.69, 9.17) is 10.2 Å². The maximum atomic E-state index is 14.9. The minimum Gasteiger partial charge on any atom is -0.508 e. The Morgan fingerprint density at radius 3 is 1.61 bits per heavy atom. The molecule has 0 spiro atoms. The van der Waals surface area contributed by atoms with Gasteiger partial charge in [0.1, 0.15) is 83.7 Å². The van der Waals surface area contributed by atoms with E-state index in [1.165, 1.54) is 85.7 Å². The van der Waals surface area contributed by atoms with Gasteiger partial charge in [-0.3, -0.25) is 62.3 Å². The number of urea groups is 1. The normalized spacial score (nSPS) is 15.0. The van der Waals surface area contributed by atoms with Crippen molar-refractivity contribution in [2.75, 3.05) is 29.9 Å². The quantitative estimate of drug-likeness (QED) is 0.0112. The highest BCUT2D eigenvalue weighted by Gasteiger charge is 2.42. The first-order valence-electron chi connectivity index (χ1n) is 41.6. The highest BCUT2D eigenvalue weighted by atomic mass is 127. The Hall–Kier alpha value is -13.1. The summed E-state index contributed by atoms with van der Waals surface area (Å²) >= 11 is 10.6. The molecule has 4 heterocycles. The van der Waals surface area contributed by atoms with Crippen molar-refractivity contribution >= 4 is 164 Å². The molecule has 8 aromatic rings. The van der Waals surface area contributed by atoms with Crippen LogP contribution in [0.2, 0.25) is 0 Å². The molecule has 3 aromatic heterocycles. The van der Waals surface area contributed by atoms with Gasteiger partial charge in [-0.1, -0.05) is 90.4 Å². The van der Waals surface area contributed by atoms with Gasteiger partial charge >= 0.3 is 29.1 Å². The van der Waals surface area contributed by atoms with Gasteiger partial charge in [0.25, 0.3) is 0 Å². The molecule has 0 radical (unpaired) electrons. The van der Waals surface area contributed by atoms with Crippen LogP contribution in [0.5, 0.6) is 17.2 Å². The topological polar surface area (TPSA) is 599 Å². The minimum atomic E-state index is -1.98. The average Bonchev–Trinajstić information content (AvgIpc) is 1.09. The van der Waals surface area contributed by atoms with Gasteiger partial charge in [-0.05, 0) is 131 Å². The van der Waals surface area contributed by atoms with Crippen molar-refractivity contribution in [1.82, 2.24) is 83.3 Å². The minimum absolute atomic E-state index is 0.00219. The van der Waals surface area contributed by atoms with Gasteiger partial charge in [0.05, 0.1) is 51.1 Å². The second-order valence-electron chi connectivity index (χ2n) is 32.1. The van der Waals surface area contributed by atoms with Gasteiger partial charge < -0.3 is 110 Å². The van der Waals surface area contributed by atoms with E-state index < -0.39 is 180 Å². The standard InChI is InChI=1S/C87H105IN18O21S2/c1-7-45(6)74(84(122)97-58(75(89)113)26-43(2)3)105-81(119)63(33-50-38-91-42-94-50)100-82(120)65(39-128)103-76(114)59(27-44(4)5)98-80(118)64(36-72(111)112)101-78(116)61(30-47-15-22-68(109)57(88)28-47)102-83(121)67-14-11-25-106(67)85(123)66(40-129)104-79(117)62(32-49-37-90-41-93-49)99-77(115)60(29-46-12-9-8-10-13-46)96-71(110)23-24-92-87(126)95-48-16-19-53(56(31-48)86(124)125)73-54-20-17-51(107)34-69(54)127-70-35-52(108)18-21-55(70)73/h8-10,12-13,15-22,28,31,34-35,37-38,41-45,58-67,74H,7,11,14,23-27,29-30,32-33,36,39-40H2,1-6H3,(H22-,89,90,91,92,93,94,95,96,97,98,99,100,101,102,103,104,105,107,108,109,110,111,112,113,114,115,116,117,118,119,120,121,122,124,125,126,128,129)/p+1/t45-,58-,59-,60-,61-,62-,63-,64-,65-,66-,67-,74-/m0/s1. The van der Waals surface area contributed by atoms with Crippen molar-refractivity contribution < 1.29 is 102 Å². The third-order valence-corrected chi connectivity index (χ3v) is 22.9. The van der Waals surface area contributed by atoms with E-state index in [1.807, 2.05) is 36.4 Å². The number of carbonyl (C=O) groups is 15. The molecule has 0 aliphatic carbocycles. The molecule has 14 amide bonds. The summed E-state index contributed by atoms with van der Waals surface area (Å²) in [5, 5.41) is 83.9. The number of primary amides is 1.